The number of carbonyl (C=O) groups is 4. The van der Waals surface area contributed by atoms with Gasteiger partial charge in [0.2, 0.25) is 5.91 Å². The average Bonchev–Trinajstić information content (AvgIpc) is 3.24. The standard InChI is InChI=1S/C25H28N2O7/c1-3-4-13-33-24(30)17-5-7-19(8-6-17)26-22(28)16-34-25(31)18-14-23(29)27(15-18)20-9-11-21(32-2)12-10-20/h5-12,18H,3-4,13-16H2,1-2H3,(H,26,28)/t18-/m1/s1. The van der Waals surface area contributed by atoms with Crippen LogP contribution >= 0.6 is 0 Å². The molecular weight excluding hydrogens is 440 g/mol. The first kappa shape index (κ1) is 24.8. The number of hydrogen-bond donors (Lipinski definition) is 1. The topological polar surface area (TPSA) is 111 Å². The van der Waals surface area contributed by atoms with Crippen LogP contribution in [0.25, 0.3) is 0 Å². The minimum Gasteiger partial charge on any atom is -0.497 e. The van der Waals surface area contributed by atoms with Gasteiger partial charge in [-0.25, -0.2) is 4.79 Å². The summed E-state index contributed by atoms with van der Waals surface area (Å²) in [6.45, 7) is 2.07. The Labute approximate surface area is 198 Å². The Bertz CT molecular complexity index is 1020. The molecule has 1 aliphatic rings. The van der Waals surface area contributed by atoms with E-state index in [-0.39, 0.29) is 18.9 Å². The number of hydrogen-bond acceptors (Lipinski definition) is 7. The number of unbranched alkanes of at least 4 members (excludes halogenated alkanes) is 1. The molecule has 1 fully saturated rings. The van der Waals surface area contributed by atoms with Crippen LogP contribution in [0.5, 0.6) is 5.75 Å². The van der Waals surface area contributed by atoms with Crippen molar-refractivity contribution in [2.24, 2.45) is 5.92 Å². The van der Waals surface area contributed by atoms with Gasteiger partial charge in [-0.1, -0.05) is 13.3 Å². The molecular formula is C25H28N2O7. The number of carbonyl (C=O) groups excluding carboxylic acids is 4. The lowest BCUT2D eigenvalue weighted by molar-refractivity contribution is -0.151. The summed E-state index contributed by atoms with van der Waals surface area (Å²) in [5.41, 5.74) is 1.50. The van der Waals surface area contributed by atoms with E-state index in [0.29, 0.717) is 29.3 Å². The normalized spacial score (nSPS) is 15.1. The zero-order valence-corrected chi connectivity index (χ0v) is 19.2. The second kappa shape index (κ2) is 11.8. The zero-order chi connectivity index (χ0) is 24.5. The van der Waals surface area contributed by atoms with Crippen molar-refractivity contribution >= 4 is 35.1 Å². The van der Waals surface area contributed by atoms with E-state index in [2.05, 4.69) is 5.32 Å². The largest absolute Gasteiger partial charge is 0.497 e. The molecule has 2 amide bonds. The molecule has 2 aromatic rings. The summed E-state index contributed by atoms with van der Waals surface area (Å²) >= 11 is 0. The number of rotatable bonds is 10. The molecule has 3 rings (SSSR count). The molecule has 34 heavy (non-hydrogen) atoms. The first-order valence-electron chi connectivity index (χ1n) is 11.1. The van der Waals surface area contributed by atoms with Gasteiger partial charge in [-0.2, -0.15) is 0 Å². The maximum Gasteiger partial charge on any atom is 0.338 e. The Morgan fingerprint density at radius 1 is 1.03 bits per heavy atom. The van der Waals surface area contributed by atoms with E-state index in [1.165, 1.54) is 4.90 Å². The number of nitrogens with zero attached hydrogens (tertiary/aromatic N) is 1. The molecule has 1 aliphatic heterocycles. The molecule has 2 aromatic carbocycles. The van der Waals surface area contributed by atoms with Crippen LogP contribution in [0.3, 0.4) is 0 Å². The average molecular weight is 469 g/mol. The van der Waals surface area contributed by atoms with E-state index in [1.54, 1.807) is 55.6 Å². The van der Waals surface area contributed by atoms with Crippen LogP contribution in [0.15, 0.2) is 48.5 Å². The summed E-state index contributed by atoms with van der Waals surface area (Å²) < 4.78 is 15.4. The van der Waals surface area contributed by atoms with E-state index >= 15 is 0 Å². The number of methoxy groups -OCH3 is 1. The van der Waals surface area contributed by atoms with Crippen molar-refractivity contribution in [3.63, 3.8) is 0 Å². The van der Waals surface area contributed by atoms with Crippen molar-refractivity contribution in [3.05, 3.63) is 54.1 Å². The quantitative estimate of drug-likeness (QED) is 0.421. The Morgan fingerprint density at radius 2 is 1.74 bits per heavy atom. The SMILES string of the molecule is CCCCOC(=O)c1ccc(NC(=O)COC(=O)[C@@H]2CC(=O)N(c3ccc(OC)cc3)C2)cc1. The Morgan fingerprint density at radius 3 is 2.38 bits per heavy atom. The molecule has 0 aliphatic carbocycles. The summed E-state index contributed by atoms with van der Waals surface area (Å²) in [6, 6.07) is 13.2. The maximum atomic E-state index is 12.4. The fraction of sp³-hybridized carbons (Fsp3) is 0.360. The number of esters is 2. The predicted molar refractivity (Wildman–Crippen MR) is 125 cm³/mol. The summed E-state index contributed by atoms with van der Waals surface area (Å²) in [6.07, 6.45) is 1.75. The summed E-state index contributed by atoms with van der Waals surface area (Å²) in [5, 5.41) is 2.60. The molecule has 1 saturated heterocycles. The van der Waals surface area contributed by atoms with Gasteiger partial charge in [0.05, 0.1) is 25.2 Å². The molecule has 1 heterocycles. The highest BCUT2D eigenvalue weighted by Gasteiger charge is 2.36. The van der Waals surface area contributed by atoms with Crippen LogP contribution in [0.4, 0.5) is 11.4 Å². The second-order valence-corrected chi connectivity index (χ2v) is 7.83. The van der Waals surface area contributed by atoms with Gasteiger partial charge in [0.1, 0.15) is 5.75 Å². The smallest absolute Gasteiger partial charge is 0.338 e. The fourth-order valence-corrected chi connectivity index (χ4v) is 3.41. The highest BCUT2D eigenvalue weighted by molar-refractivity contribution is 6.00. The second-order valence-electron chi connectivity index (χ2n) is 7.83. The van der Waals surface area contributed by atoms with E-state index < -0.39 is 30.4 Å². The Hall–Kier alpha value is -3.88. The maximum absolute atomic E-state index is 12.4. The molecule has 0 spiro atoms. The first-order chi connectivity index (χ1) is 16.4. The molecule has 9 nitrogen and oxygen atoms in total. The predicted octanol–water partition coefficient (Wildman–Crippen LogP) is 3.19. The van der Waals surface area contributed by atoms with E-state index in [9.17, 15) is 19.2 Å². The third kappa shape index (κ3) is 6.57. The number of anilines is 2. The highest BCUT2D eigenvalue weighted by atomic mass is 16.5. The lowest BCUT2D eigenvalue weighted by Gasteiger charge is -2.16. The first-order valence-corrected chi connectivity index (χ1v) is 11.1. The molecule has 9 heteroatoms. The van der Waals surface area contributed by atoms with E-state index in [0.717, 1.165) is 12.8 Å². The molecule has 0 radical (unpaired) electrons. The number of benzene rings is 2. The molecule has 0 unspecified atom stereocenters. The van der Waals surface area contributed by atoms with Gasteiger partial charge in [-0.15, -0.1) is 0 Å². The van der Waals surface area contributed by atoms with Crippen molar-refractivity contribution in [1.29, 1.82) is 0 Å². The minimum absolute atomic E-state index is 0.0162. The van der Waals surface area contributed by atoms with Gasteiger partial charge in [0.25, 0.3) is 5.91 Å². The minimum atomic E-state index is -0.652. The number of ether oxygens (including phenoxy) is 3. The fourth-order valence-electron chi connectivity index (χ4n) is 3.41. The Balaban J connectivity index is 1.45. The number of nitrogens with one attached hydrogen (secondary N) is 1. The van der Waals surface area contributed by atoms with E-state index in [4.69, 9.17) is 14.2 Å². The molecule has 0 saturated carbocycles. The van der Waals surface area contributed by atoms with Gasteiger partial charge < -0.3 is 24.4 Å². The van der Waals surface area contributed by atoms with Gasteiger partial charge in [0, 0.05) is 24.3 Å². The van der Waals surface area contributed by atoms with Crippen LogP contribution < -0.4 is 15.0 Å². The molecule has 0 aromatic heterocycles. The van der Waals surface area contributed by atoms with Gasteiger partial charge >= 0.3 is 11.9 Å². The molecule has 0 bridgehead atoms. The van der Waals surface area contributed by atoms with Crippen LogP contribution in [0.1, 0.15) is 36.5 Å². The monoisotopic (exact) mass is 468 g/mol. The third-order valence-corrected chi connectivity index (χ3v) is 5.32. The van der Waals surface area contributed by atoms with Crippen molar-refractivity contribution in [1.82, 2.24) is 0 Å². The number of amides is 2. The van der Waals surface area contributed by atoms with Gasteiger partial charge in [-0.3, -0.25) is 14.4 Å². The molecule has 180 valence electrons. The van der Waals surface area contributed by atoms with Crippen LogP contribution in [0, 0.1) is 5.92 Å². The van der Waals surface area contributed by atoms with Crippen LogP contribution in [-0.4, -0.2) is 50.6 Å². The summed E-state index contributed by atoms with van der Waals surface area (Å²) in [4.78, 5) is 50.3. The van der Waals surface area contributed by atoms with Gasteiger partial charge in [0.15, 0.2) is 6.61 Å². The molecule has 1 atom stereocenters. The van der Waals surface area contributed by atoms with Crippen LogP contribution in [-0.2, 0) is 23.9 Å². The molecule has 1 N–H and O–H groups in total. The summed E-state index contributed by atoms with van der Waals surface area (Å²) in [5.74, 6) is -1.73. The van der Waals surface area contributed by atoms with Crippen molar-refractivity contribution in [2.75, 3.05) is 37.1 Å². The third-order valence-electron chi connectivity index (χ3n) is 5.32. The Kier molecular flexibility index (Phi) is 8.61. The van der Waals surface area contributed by atoms with Crippen molar-refractivity contribution in [3.8, 4) is 5.75 Å². The zero-order valence-electron chi connectivity index (χ0n) is 19.2. The highest BCUT2D eigenvalue weighted by Crippen LogP contribution is 2.27. The van der Waals surface area contributed by atoms with Crippen molar-refractivity contribution < 1.29 is 33.4 Å². The lowest BCUT2D eigenvalue weighted by Crippen LogP contribution is -2.28. The van der Waals surface area contributed by atoms with Gasteiger partial charge in [-0.05, 0) is 55.0 Å². The van der Waals surface area contributed by atoms with Crippen molar-refractivity contribution in [2.45, 2.75) is 26.2 Å². The van der Waals surface area contributed by atoms with Crippen LogP contribution in [0.2, 0.25) is 0 Å². The van der Waals surface area contributed by atoms with E-state index in [1.807, 2.05) is 6.92 Å². The summed E-state index contributed by atoms with van der Waals surface area (Å²) in [7, 11) is 1.55. The lowest BCUT2D eigenvalue weighted by atomic mass is 10.1.